The Bertz CT molecular complexity index is 914. The van der Waals surface area contributed by atoms with Crippen LogP contribution in [0.1, 0.15) is 11.7 Å². The SMILES string of the molecule is Fc1ccc(C2CN(c3ccnc4c(F)ccc(F)c34)CCO2)cc1. The summed E-state index contributed by atoms with van der Waals surface area (Å²) in [6.07, 6.45) is 1.21. The Hall–Kier alpha value is -2.60. The minimum atomic E-state index is -0.554. The molecule has 1 fully saturated rings. The highest BCUT2D eigenvalue weighted by Gasteiger charge is 2.25. The highest BCUT2D eigenvalue weighted by Crippen LogP contribution is 2.33. The first kappa shape index (κ1) is 15.9. The van der Waals surface area contributed by atoms with Crippen molar-refractivity contribution in [2.75, 3.05) is 24.6 Å². The fourth-order valence-corrected chi connectivity index (χ4v) is 3.19. The molecule has 3 nitrogen and oxygen atoms in total. The van der Waals surface area contributed by atoms with Crippen LogP contribution in [0.15, 0.2) is 48.7 Å². The third-order valence-corrected chi connectivity index (χ3v) is 4.42. The number of morpholine rings is 1. The topological polar surface area (TPSA) is 25.4 Å². The first-order chi connectivity index (χ1) is 12.1. The largest absolute Gasteiger partial charge is 0.370 e. The second kappa shape index (κ2) is 6.37. The number of hydrogen-bond acceptors (Lipinski definition) is 3. The minimum absolute atomic E-state index is 0.0160. The van der Waals surface area contributed by atoms with Crippen molar-refractivity contribution in [2.24, 2.45) is 0 Å². The van der Waals surface area contributed by atoms with E-state index in [4.69, 9.17) is 4.74 Å². The van der Waals surface area contributed by atoms with Crippen LogP contribution in [0.2, 0.25) is 0 Å². The van der Waals surface area contributed by atoms with Crippen LogP contribution in [0.4, 0.5) is 18.9 Å². The first-order valence-electron chi connectivity index (χ1n) is 7.98. The normalized spacial score (nSPS) is 17.9. The summed E-state index contributed by atoms with van der Waals surface area (Å²) in [5, 5.41) is 0.169. The second-order valence-corrected chi connectivity index (χ2v) is 5.94. The molecule has 128 valence electrons. The lowest BCUT2D eigenvalue weighted by Gasteiger charge is -2.35. The van der Waals surface area contributed by atoms with Crippen LogP contribution < -0.4 is 4.90 Å². The molecule has 1 saturated heterocycles. The monoisotopic (exact) mass is 344 g/mol. The molecule has 0 bridgehead atoms. The van der Waals surface area contributed by atoms with E-state index in [2.05, 4.69) is 4.98 Å². The number of rotatable bonds is 2. The highest BCUT2D eigenvalue weighted by atomic mass is 19.1. The molecule has 1 atom stereocenters. The molecule has 2 aromatic carbocycles. The highest BCUT2D eigenvalue weighted by molar-refractivity contribution is 5.92. The summed E-state index contributed by atoms with van der Waals surface area (Å²) in [4.78, 5) is 5.92. The Labute approximate surface area is 142 Å². The molecule has 1 aliphatic heterocycles. The summed E-state index contributed by atoms with van der Waals surface area (Å²) in [5.41, 5.74) is 1.44. The number of ether oxygens (including phenoxy) is 1. The fraction of sp³-hybridized carbons (Fsp3) is 0.211. The van der Waals surface area contributed by atoms with Gasteiger partial charge in [-0.25, -0.2) is 13.2 Å². The summed E-state index contributed by atoms with van der Waals surface area (Å²) >= 11 is 0. The Morgan fingerprint density at radius 2 is 1.72 bits per heavy atom. The second-order valence-electron chi connectivity index (χ2n) is 5.94. The van der Waals surface area contributed by atoms with Crippen LogP contribution in [-0.2, 0) is 4.74 Å². The van der Waals surface area contributed by atoms with Gasteiger partial charge in [0.15, 0.2) is 0 Å². The quantitative estimate of drug-likeness (QED) is 0.696. The van der Waals surface area contributed by atoms with E-state index < -0.39 is 11.6 Å². The van der Waals surface area contributed by atoms with Crippen molar-refractivity contribution in [3.8, 4) is 0 Å². The van der Waals surface area contributed by atoms with Crippen LogP contribution >= 0.6 is 0 Å². The number of anilines is 1. The molecule has 0 aliphatic carbocycles. The maximum Gasteiger partial charge on any atom is 0.149 e. The van der Waals surface area contributed by atoms with Crippen molar-refractivity contribution in [3.05, 3.63) is 71.7 Å². The van der Waals surface area contributed by atoms with E-state index in [-0.39, 0.29) is 22.8 Å². The summed E-state index contributed by atoms with van der Waals surface area (Å²) in [6, 6.07) is 9.99. The van der Waals surface area contributed by atoms with Gasteiger partial charge in [0.2, 0.25) is 0 Å². The Balaban J connectivity index is 1.71. The molecule has 3 aromatic rings. The fourth-order valence-electron chi connectivity index (χ4n) is 3.19. The molecule has 1 aromatic heterocycles. The number of aromatic nitrogens is 1. The molecule has 0 amide bonds. The summed E-state index contributed by atoms with van der Waals surface area (Å²) < 4.78 is 47.2. The molecule has 1 aliphatic rings. The van der Waals surface area contributed by atoms with Crippen molar-refractivity contribution in [3.63, 3.8) is 0 Å². The van der Waals surface area contributed by atoms with Gasteiger partial charge in [-0.1, -0.05) is 12.1 Å². The van der Waals surface area contributed by atoms with E-state index in [9.17, 15) is 13.2 Å². The van der Waals surface area contributed by atoms with Gasteiger partial charge in [-0.2, -0.15) is 0 Å². The zero-order chi connectivity index (χ0) is 17.4. The average Bonchev–Trinajstić information content (AvgIpc) is 2.65. The molecular weight excluding hydrogens is 329 g/mol. The molecule has 2 heterocycles. The standard InChI is InChI=1S/C19H15F3N2O/c20-13-3-1-12(2-4-13)17-11-24(9-10-25-17)16-7-8-23-19-15(22)6-5-14(21)18(16)19/h1-8,17H,9-11H2. The van der Waals surface area contributed by atoms with Crippen molar-refractivity contribution in [1.82, 2.24) is 4.98 Å². The van der Waals surface area contributed by atoms with Gasteiger partial charge in [-0.15, -0.1) is 0 Å². The van der Waals surface area contributed by atoms with E-state index in [0.29, 0.717) is 25.4 Å². The van der Waals surface area contributed by atoms with Crippen LogP contribution in [0.25, 0.3) is 10.9 Å². The molecule has 0 saturated carbocycles. The van der Waals surface area contributed by atoms with E-state index in [1.54, 1.807) is 18.2 Å². The molecule has 6 heteroatoms. The van der Waals surface area contributed by atoms with E-state index in [1.165, 1.54) is 18.3 Å². The van der Waals surface area contributed by atoms with E-state index in [1.807, 2.05) is 4.90 Å². The van der Waals surface area contributed by atoms with Gasteiger partial charge in [-0.3, -0.25) is 4.98 Å². The lowest BCUT2D eigenvalue weighted by molar-refractivity contribution is 0.0398. The van der Waals surface area contributed by atoms with Crippen LogP contribution in [0.3, 0.4) is 0 Å². The molecule has 0 spiro atoms. The maximum absolute atomic E-state index is 14.3. The number of hydrogen-bond donors (Lipinski definition) is 0. The molecule has 1 unspecified atom stereocenters. The molecule has 25 heavy (non-hydrogen) atoms. The number of pyridine rings is 1. The van der Waals surface area contributed by atoms with Gasteiger partial charge in [0.05, 0.1) is 17.7 Å². The van der Waals surface area contributed by atoms with Gasteiger partial charge < -0.3 is 9.64 Å². The zero-order valence-electron chi connectivity index (χ0n) is 13.3. The van der Waals surface area contributed by atoms with Crippen LogP contribution in [0, 0.1) is 17.5 Å². The van der Waals surface area contributed by atoms with E-state index >= 15 is 0 Å². The van der Waals surface area contributed by atoms with Gasteiger partial charge in [0.25, 0.3) is 0 Å². The minimum Gasteiger partial charge on any atom is -0.370 e. The van der Waals surface area contributed by atoms with Crippen molar-refractivity contribution in [2.45, 2.75) is 6.10 Å². The number of halogens is 3. The predicted molar refractivity (Wildman–Crippen MR) is 89.0 cm³/mol. The maximum atomic E-state index is 14.3. The van der Waals surface area contributed by atoms with Crippen LogP contribution in [0.5, 0.6) is 0 Å². The lowest BCUT2D eigenvalue weighted by Crippen LogP contribution is -2.38. The van der Waals surface area contributed by atoms with Gasteiger partial charge in [-0.05, 0) is 35.9 Å². The number of nitrogens with zero attached hydrogens (tertiary/aromatic N) is 2. The number of benzene rings is 2. The summed E-state index contributed by atoms with van der Waals surface area (Å²) in [6.45, 7) is 1.44. The van der Waals surface area contributed by atoms with Crippen LogP contribution in [-0.4, -0.2) is 24.7 Å². The lowest BCUT2D eigenvalue weighted by atomic mass is 10.1. The third-order valence-electron chi connectivity index (χ3n) is 4.42. The average molecular weight is 344 g/mol. The van der Waals surface area contributed by atoms with E-state index in [0.717, 1.165) is 17.7 Å². The molecular formula is C19H15F3N2O. The zero-order valence-corrected chi connectivity index (χ0v) is 13.3. The Kier molecular flexibility index (Phi) is 4.05. The smallest absolute Gasteiger partial charge is 0.149 e. The molecule has 0 N–H and O–H groups in total. The van der Waals surface area contributed by atoms with Gasteiger partial charge in [0.1, 0.15) is 29.1 Å². The van der Waals surface area contributed by atoms with Gasteiger partial charge in [0, 0.05) is 19.3 Å². The first-order valence-corrected chi connectivity index (χ1v) is 7.98. The number of fused-ring (bicyclic) bond motifs is 1. The molecule has 4 rings (SSSR count). The molecule has 0 radical (unpaired) electrons. The predicted octanol–water partition coefficient (Wildman–Crippen LogP) is 4.23. The van der Waals surface area contributed by atoms with Crippen molar-refractivity contribution >= 4 is 16.6 Å². The third kappa shape index (κ3) is 2.93. The summed E-state index contributed by atoms with van der Waals surface area (Å²) in [5.74, 6) is -1.37. The van der Waals surface area contributed by atoms with Crippen molar-refractivity contribution in [1.29, 1.82) is 0 Å². The Morgan fingerprint density at radius 3 is 2.52 bits per heavy atom. The van der Waals surface area contributed by atoms with Crippen molar-refractivity contribution < 1.29 is 17.9 Å². The Morgan fingerprint density at radius 1 is 0.960 bits per heavy atom. The van der Waals surface area contributed by atoms with Gasteiger partial charge >= 0.3 is 0 Å². The summed E-state index contributed by atoms with van der Waals surface area (Å²) in [7, 11) is 0.